The number of anilines is 1. The van der Waals surface area contributed by atoms with Crippen LogP contribution in [0.5, 0.6) is 0 Å². The Kier molecular flexibility index (Phi) is 4.27. The smallest absolute Gasteiger partial charge is 0.242 e. The molecule has 4 rings (SSSR count). The highest BCUT2D eigenvalue weighted by atomic mass is 79.9. The molecule has 25 heavy (non-hydrogen) atoms. The summed E-state index contributed by atoms with van der Waals surface area (Å²) in [5, 5.41) is 4.10. The van der Waals surface area contributed by atoms with E-state index in [1.54, 1.807) is 6.20 Å². The molecule has 5 heteroatoms. The molecule has 0 saturated carbocycles. The second-order valence-corrected chi connectivity index (χ2v) is 7.33. The van der Waals surface area contributed by atoms with Gasteiger partial charge in [-0.2, -0.15) is 0 Å². The first-order chi connectivity index (χ1) is 12.1. The Morgan fingerprint density at radius 2 is 1.92 bits per heavy atom. The van der Waals surface area contributed by atoms with E-state index >= 15 is 0 Å². The van der Waals surface area contributed by atoms with Crippen LogP contribution in [0, 0.1) is 0 Å². The van der Waals surface area contributed by atoms with Gasteiger partial charge in [-0.05, 0) is 36.9 Å². The van der Waals surface area contributed by atoms with Gasteiger partial charge in [0.1, 0.15) is 0 Å². The third-order valence-corrected chi connectivity index (χ3v) is 5.33. The van der Waals surface area contributed by atoms with Crippen LogP contribution in [-0.4, -0.2) is 35.4 Å². The van der Waals surface area contributed by atoms with E-state index in [2.05, 4.69) is 43.3 Å². The summed E-state index contributed by atoms with van der Waals surface area (Å²) >= 11 is 3.46. The number of halogens is 1. The highest BCUT2D eigenvalue weighted by Gasteiger charge is 2.42. The number of likely N-dealkylation sites (N-methyl/N-ethyl adjacent to an activating group) is 1. The number of pyridine rings is 1. The van der Waals surface area contributed by atoms with Crippen LogP contribution < -0.4 is 5.32 Å². The summed E-state index contributed by atoms with van der Waals surface area (Å²) in [4.78, 5) is 19.4. The molecule has 2 atom stereocenters. The van der Waals surface area contributed by atoms with Crippen molar-refractivity contribution >= 4 is 38.4 Å². The molecule has 1 amide bonds. The van der Waals surface area contributed by atoms with Crippen LogP contribution in [0.15, 0.2) is 65.3 Å². The van der Waals surface area contributed by atoms with E-state index in [4.69, 9.17) is 0 Å². The van der Waals surface area contributed by atoms with Crippen molar-refractivity contribution in [3.63, 3.8) is 0 Å². The van der Waals surface area contributed by atoms with Crippen LogP contribution in [0.2, 0.25) is 0 Å². The van der Waals surface area contributed by atoms with Gasteiger partial charge in [-0.3, -0.25) is 14.7 Å². The third-order valence-electron chi connectivity index (χ3n) is 4.80. The fourth-order valence-electron chi connectivity index (χ4n) is 3.49. The normalized spacial score (nSPS) is 20.2. The van der Waals surface area contributed by atoms with Crippen molar-refractivity contribution in [1.82, 2.24) is 9.88 Å². The number of rotatable bonds is 3. The Bertz CT molecular complexity index is 920. The molecular weight excluding hydrogens is 378 g/mol. The monoisotopic (exact) mass is 395 g/mol. The molecule has 1 saturated heterocycles. The zero-order chi connectivity index (χ0) is 17.4. The molecule has 0 spiro atoms. The van der Waals surface area contributed by atoms with Gasteiger partial charge in [0.25, 0.3) is 0 Å². The fourth-order valence-corrected chi connectivity index (χ4v) is 3.75. The first kappa shape index (κ1) is 16.2. The number of likely N-dealkylation sites (tertiary alicyclic amines) is 1. The van der Waals surface area contributed by atoms with Crippen LogP contribution in [0.4, 0.5) is 5.69 Å². The molecule has 1 aliphatic rings. The van der Waals surface area contributed by atoms with E-state index < -0.39 is 0 Å². The second kappa shape index (κ2) is 6.58. The standard InChI is InChI=1S/C20H18BrN3O/c1-24-12-16(13-7-9-15(21)10-8-13)19(24)20(25)23-17-6-2-4-14-5-3-11-22-18(14)17/h2-11,16,19H,12H2,1H3,(H,23,25). The Labute approximate surface area is 155 Å². The van der Waals surface area contributed by atoms with E-state index in [1.807, 2.05) is 49.5 Å². The number of carbonyl (C=O) groups excluding carboxylic acids is 1. The molecule has 3 aromatic rings. The largest absolute Gasteiger partial charge is 0.323 e. The lowest BCUT2D eigenvalue weighted by Crippen LogP contribution is -2.58. The first-order valence-corrected chi connectivity index (χ1v) is 9.03. The van der Waals surface area contributed by atoms with Gasteiger partial charge in [-0.15, -0.1) is 0 Å². The predicted molar refractivity (Wildman–Crippen MR) is 104 cm³/mol. The molecule has 1 aromatic heterocycles. The minimum atomic E-state index is -0.167. The van der Waals surface area contributed by atoms with E-state index in [0.29, 0.717) is 0 Å². The Balaban J connectivity index is 1.58. The van der Waals surface area contributed by atoms with Crippen LogP contribution in [0.3, 0.4) is 0 Å². The zero-order valence-corrected chi connectivity index (χ0v) is 15.4. The number of nitrogens with one attached hydrogen (secondary N) is 1. The molecule has 0 radical (unpaired) electrons. The van der Waals surface area contributed by atoms with Crippen molar-refractivity contribution in [3.05, 3.63) is 70.8 Å². The van der Waals surface area contributed by atoms with Gasteiger partial charge in [-0.1, -0.05) is 46.3 Å². The number of carbonyl (C=O) groups is 1. The van der Waals surface area contributed by atoms with E-state index in [0.717, 1.165) is 27.6 Å². The maximum Gasteiger partial charge on any atom is 0.242 e. The van der Waals surface area contributed by atoms with Crippen molar-refractivity contribution < 1.29 is 4.79 Å². The van der Waals surface area contributed by atoms with Gasteiger partial charge in [0.05, 0.1) is 17.2 Å². The summed E-state index contributed by atoms with van der Waals surface area (Å²) in [6.45, 7) is 0.882. The highest BCUT2D eigenvalue weighted by Crippen LogP contribution is 2.34. The summed E-state index contributed by atoms with van der Waals surface area (Å²) in [7, 11) is 1.99. The number of aromatic nitrogens is 1. The van der Waals surface area contributed by atoms with Gasteiger partial charge in [0.2, 0.25) is 5.91 Å². The van der Waals surface area contributed by atoms with Crippen LogP contribution in [0.1, 0.15) is 11.5 Å². The second-order valence-electron chi connectivity index (χ2n) is 6.41. The van der Waals surface area contributed by atoms with Crippen LogP contribution in [-0.2, 0) is 4.79 Å². The quantitative estimate of drug-likeness (QED) is 0.727. The highest BCUT2D eigenvalue weighted by molar-refractivity contribution is 9.10. The van der Waals surface area contributed by atoms with Crippen molar-refractivity contribution in [2.24, 2.45) is 0 Å². The molecule has 0 bridgehead atoms. The van der Waals surface area contributed by atoms with Gasteiger partial charge < -0.3 is 5.32 Å². The van der Waals surface area contributed by atoms with E-state index in [-0.39, 0.29) is 17.9 Å². The van der Waals surface area contributed by atoms with Crippen molar-refractivity contribution in [2.45, 2.75) is 12.0 Å². The third kappa shape index (κ3) is 3.05. The average Bonchev–Trinajstić information content (AvgIpc) is 2.61. The van der Waals surface area contributed by atoms with Crippen molar-refractivity contribution in [1.29, 1.82) is 0 Å². The number of amides is 1. The van der Waals surface area contributed by atoms with Crippen molar-refractivity contribution in [2.75, 3.05) is 18.9 Å². The average molecular weight is 396 g/mol. The molecule has 1 aliphatic heterocycles. The molecule has 2 aromatic carbocycles. The number of benzene rings is 2. The van der Waals surface area contributed by atoms with Gasteiger partial charge >= 0.3 is 0 Å². The number of fused-ring (bicyclic) bond motifs is 1. The van der Waals surface area contributed by atoms with E-state index in [9.17, 15) is 4.79 Å². The summed E-state index contributed by atoms with van der Waals surface area (Å²) in [5.74, 6) is 0.223. The molecular formula is C20H18BrN3O. The molecule has 2 unspecified atom stereocenters. The number of para-hydroxylation sites is 1. The Morgan fingerprint density at radius 1 is 1.16 bits per heavy atom. The maximum atomic E-state index is 12.9. The van der Waals surface area contributed by atoms with E-state index in [1.165, 1.54) is 5.56 Å². The molecule has 0 aliphatic carbocycles. The van der Waals surface area contributed by atoms with Gasteiger partial charge in [0, 0.05) is 28.5 Å². The van der Waals surface area contributed by atoms with Crippen LogP contribution >= 0.6 is 15.9 Å². The molecule has 2 heterocycles. The SMILES string of the molecule is CN1CC(c2ccc(Br)cc2)C1C(=O)Nc1cccc2cccnc12. The zero-order valence-electron chi connectivity index (χ0n) is 13.8. The van der Waals surface area contributed by atoms with Crippen molar-refractivity contribution in [3.8, 4) is 0 Å². The van der Waals surface area contributed by atoms with Crippen LogP contribution in [0.25, 0.3) is 10.9 Å². The number of hydrogen-bond acceptors (Lipinski definition) is 3. The Morgan fingerprint density at radius 3 is 2.68 bits per heavy atom. The Hall–Kier alpha value is -2.24. The number of hydrogen-bond donors (Lipinski definition) is 1. The summed E-state index contributed by atoms with van der Waals surface area (Å²) in [6.07, 6.45) is 1.75. The number of nitrogens with zero attached hydrogens (tertiary/aromatic N) is 2. The molecule has 4 nitrogen and oxygen atoms in total. The predicted octanol–water partition coefficient (Wildman–Crippen LogP) is 4.03. The molecule has 1 N–H and O–H groups in total. The lowest BCUT2D eigenvalue weighted by molar-refractivity contribution is -0.125. The summed E-state index contributed by atoms with van der Waals surface area (Å²) in [5.41, 5.74) is 2.77. The molecule has 1 fully saturated rings. The summed E-state index contributed by atoms with van der Waals surface area (Å²) in [6, 6.07) is 17.8. The van der Waals surface area contributed by atoms with Gasteiger partial charge in [-0.25, -0.2) is 0 Å². The minimum Gasteiger partial charge on any atom is -0.323 e. The summed E-state index contributed by atoms with van der Waals surface area (Å²) < 4.78 is 1.05. The topological polar surface area (TPSA) is 45.2 Å². The van der Waals surface area contributed by atoms with Gasteiger partial charge in [0.15, 0.2) is 0 Å². The lowest BCUT2D eigenvalue weighted by atomic mass is 9.82. The minimum absolute atomic E-state index is 0.0137. The maximum absolute atomic E-state index is 12.9. The first-order valence-electron chi connectivity index (χ1n) is 8.24. The molecule has 126 valence electrons. The lowest BCUT2D eigenvalue weighted by Gasteiger charge is -2.45. The fraction of sp³-hybridized carbons (Fsp3) is 0.200.